The number of rotatable bonds is 4. The van der Waals surface area contributed by atoms with E-state index in [4.69, 9.17) is 0 Å². The summed E-state index contributed by atoms with van der Waals surface area (Å²) in [5, 5.41) is 2.96. The minimum atomic E-state index is -4.43. The molecular formula is C24H21F3N4O. The number of pyridine rings is 1. The third-order valence-electron chi connectivity index (χ3n) is 5.92. The highest BCUT2D eigenvalue weighted by Gasteiger charge is 2.46. The van der Waals surface area contributed by atoms with E-state index in [1.807, 2.05) is 36.4 Å². The quantitative estimate of drug-likeness (QED) is 0.618. The van der Waals surface area contributed by atoms with Gasteiger partial charge in [-0.05, 0) is 36.2 Å². The number of halogens is 3. The van der Waals surface area contributed by atoms with Crippen LogP contribution in [0.3, 0.4) is 0 Å². The van der Waals surface area contributed by atoms with E-state index in [0.29, 0.717) is 30.0 Å². The molecule has 0 radical (unpaired) electrons. The summed E-state index contributed by atoms with van der Waals surface area (Å²) in [4.78, 5) is 21.4. The van der Waals surface area contributed by atoms with Crippen molar-refractivity contribution >= 4 is 17.5 Å². The van der Waals surface area contributed by atoms with Crippen LogP contribution in [0, 0.1) is 0 Å². The average molecular weight is 438 g/mol. The normalized spacial score (nSPS) is 16.9. The Kier molecular flexibility index (Phi) is 5.00. The lowest BCUT2D eigenvalue weighted by Gasteiger charge is -2.39. The molecule has 1 atom stereocenters. The molecule has 2 aliphatic heterocycles. The van der Waals surface area contributed by atoms with E-state index in [1.165, 1.54) is 6.07 Å². The van der Waals surface area contributed by atoms with Gasteiger partial charge in [0.25, 0.3) is 0 Å². The summed E-state index contributed by atoms with van der Waals surface area (Å²) >= 11 is 0. The molecule has 1 N–H and O–H groups in total. The molecule has 3 aromatic rings. The fourth-order valence-corrected chi connectivity index (χ4v) is 4.20. The molecule has 8 heteroatoms. The number of aromatic nitrogens is 1. The van der Waals surface area contributed by atoms with Gasteiger partial charge in [-0.15, -0.1) is 0 Å². The summed E-state index contributed by atoms with van der Waals surface area (Å²) in [7, 11) is 0. The zero-order valence-corrected chi connectivity index (χ0v) is 17.1. The van der Waals surface area contributed by atoms with Crippen molar-refractivity contribution in [2.24, 2.45) is 0 Å². The molecule has 1 aromatic heterocycles. The van der Waals surface area contributed by atoms with Crippen molar-refractivity contribution in [3.8, 4) is 11.3 Å². The third kappa shape index (κ3) is 3.66. The second-order valence-electron chi connectivity index (χ2n) is 7.92. The Morgan fingerprint density at radius 3 is 2.59 bits per heavy atom. The van der Waals surface area contributed by atoms with Gasteiger partial charge in [0.1, 0.15) is 6.17 Å². The Bertz CT molecular complexity index is 1150. The third-order valence-corrected chi connectivity index (χ3v) is 5.92. The van der Waals surface area contributed by atoms with Crippen molar-refractivity contribution in [3.05, 3.63) is 77.9 Å². The van der Waals surface area contributed by atoms with E-state index in [0.717, 1.165) is 36.3 Å². The number of urea groups is 1. The molecule has 0 spiro atoms. The van der Waals surface area contributed by atoms with Crippen LogP contribution in [0.15, 0.2) is 66.7 Å². The zero-order chi connectivity index (χ0) is 22.3. The topological polar surface area (TPSA) is 48.5 Å². The van der Waals surface area contributed by atoms with E-state index in [9.17, 15) is 18.0 Å². The van der Waals surface area contributed by atoms with Gasteiger partial charge in [0.15, 0.2) is 5.82 Å². The van der Waals surface area contributed by atoms with Gasteiger partial charge in [-0.25, -0.2) is 9.78 Å². The first-order chi connectivity index (χ1) is 15.4. The molecule has 32 heavy (non-hydrogen) atoms. The van der Waals surface area contributed by atoms with Crippen LogP contribution in [0.4, 0.5) is 29.5 Å². The largest absolute Gasteiger partial charge is 0.416 e. The first-order valence-corrected chi connectivity index (χ1v) is 10.5. The molecule has 5 rings (SSSR count). The number of hydrogen-bond donors (Lipinski definition) is 1. The number of benzene rings is 2. The first kappa shape index (κ1) is 20.4. The summed E-state index contributed by atoms with van der Waals surface area (Å²) in [6.45, 7) is 1.30. The number of hydrogen-bond acceptors (Lipinski definition) is 3. The minimum Gasteiger partial charge on any atom is -0.347 e. The van der Waals surface area contributed by atoms with Crippen molar-refractivity contribution in [2.75, 3.05) is 22.9 Å². The molecule has 164 valence electrons. The lowest BCUT2D eigenvalue weighted by Crippen LogP contribution is -2.57. The van der Waals surface area contributed by atoms with Crippen molar-refractivity contribution in [2.45, 2.75) is 25.2 Å². The lowest BCUT2D eigenvalue weighted by atomic mass is 10.1. The van der Waals surface area contributed by atoms with Crippen molar-refractivity contribution in [1.29, 1.82) is 0 Å². The van der Waals surface area contributed by atoms with Gasteiger partial charge in [0, 0.05) is 25.1 Å². The Balaban J connectivity index is 1.39. The summed E-state index contributed by atoms with van der Waals surface area (Å²) in [6.07, 6.45) is -3.01. The molecule has 0 saturated carbocycles. The number of nitrogens with one attached hydrogen (secondary N) is 1. The van der Waals surface area contributed by atoms with Crippen LogP contribution in [0.2, 0.25) is 0 Å². The maximum Gasteiger partial charge on any atom is 0.416 e. The Morgan fingerprint density at radius 1 is 1.06 bits per heavy atom. The highest BCUT2D eigenvalue weighted by molar-refractivity contribution is 5.99. The van der Waals surface area contributed by atoms with Crippen LogP contribution in [0.5, 0.6) is 0 Å². The van der Waals surface area contributed by atoms with Gasteiger partial charge in [-0.1, -0.05) is 42.5 Å². The number of anilines is 2. The van der Waals surface area contributed by atoms with E-state index >= 15 is 0 Å². The van der Waals surface area contributed by atoms with Crippen LogP contribution >= 0.6 is 0 Å². The van der Waals surface area contributed by atoms with E-state index < -0.39 is 11.7 Å². The predicted molar refractivity (Wildman–Crippen MR) is 116 cm³/mol. The highest BCUT2D eigenvalue weighted by Crippen LogP contribution is 2.45. The predicted octanol–water partition coefficient (Wildman–Crippen LogP) is 5.08. The molecule has 3 heterocycles. The van der Waals surface area contributed by atoms with Crippen LogP contribution in [-0.4, -0.2) is 30.3 Å². The number of nitrogens with zero attached hydrogens (tertiary/aromatic N) is 3. The molecule has 1 unspecified atom stereocenters. The summed E-state index contributed by atoms with van der Waals surface area (Å²) in [5.74, 6) is 0.486. The summed E-state index contributed by atoms with van der Waals surface area (Å²) < 4.78 is 39.4. The number of fused-ring (bicyclic) bond motifs is 3. The van der Waals surface area contributed by atoms with Crippen molar-refractivity contribution in [1.82, 2.24) is 10.3 Å². The summed E-state index contributed by atoms with van der Waals surface area (Å²) in [6, 6.07) is 18.3. The van der Waals surface area contributed by atoms with Crippen LogP contribution in [0.1, 0.15) is 17.5 Å². The maximum absolute atomic E-state index is 13.1. The molecule has 2 aliphatic rings. The number of carbonyl (C=O) groups excluding carboxylic acids is 1. The molecule has 0 bridgehead atoms. The van der Waals surface area contributed by atoms with Crippen LogP contribution in [-0.2, 0) is 12.6 Å². The first-order valence-electron chi connectivity index (χ1n) is 10.5. The fourth-order valence-electron chi connectivity index (χ4n) is 4.20. The van der Waals surface area contributed by atoms with E-state index in [2.05, 4.69) is 15.2 Å². The Labute approximate surface area is 183 Å². The van der Waals surface area contributed by atoms with E-state index in [1.54, 1.807) is 17.0 Å². The highest BCUT2D eigenvalue weighted by atomic mass is 19.4. The van der Waals surface area contributed by atoms with Gasteiger partial charge in [-0.2, -0.15) is 13.2 Å². The molecule has 0 aliphatic carbocycles. The van der Waals surface area contributed by atoms with Gasteiger partial charge >= 0.3 is 12.2 Å². The van der Waals surface area contributed by atoms with Crippen LogP contribution < -0.4 is 15.1 Å². The number of carbonyl (C=O) groups is 1. The number of amides is 2. The number of alkyl halides is 3. The molecule has 1 fully saturated rings. The maximum atomic E-state index is 13.1. The standard InChI is InChI=1S/C24H21F3N4O/c25-24(26,27)18-8-4-7-17(15-18)19-9-10-20-22(29-19)31(21-12-14-30(20)21)23(32)28-13-11-16-5-2-1-3-6-16/h1-10,15,21H,11-14H2,(H,28,32). The van der Waals surface area contributed by atoms with Gasteiger partial charge in [0.2, 0.25) is 0 Å². The van der Waals surface area contributed by atoms with Gasteiger partial charge in [0.05, 0.1) is 16.9 Å². The fraction of sp³-hybridized carbons (Fsp3) is 0.250. The van der Waals surface area contributed by atoms with Crippen LogP contribution in [0.25, 0.3) is 11.3 Å². The van der Waals surface area contributed by atoms with E-state index in [-0.39, 0.29) is 12.2 Å². The zero-order valence-electron chi connectivity index (χ0n) is 17.1. The molecule has 2 aromatic carbocycles. The van der Waals surface area contributed by atoms with Gasteiger partial charge in [-0.3, -0.25) is 4.90 Å². The van der Waals surface area contributed by atoms with Crippen molar-refractivity contribution < 1.29 is 18.0 Å². The SMILES string of the molecule is O=C(NCCc1ccccc1)N1c2nc(-c3cccc(C(F)(F)F)c3)ccc2N2CCC21. The Hall–Kier alpha value is -3.55. The van der Waals surface area contributed by atoms with Gasteiger partial charge < -0.3 is 10.2 Å². The summed E-state index contributed by atoms with van der Waals surface area (Å²) in [5.41, 5.74) is 2.00. The van der Waals surface area contributed by atoms with Crippen molar-refractivity contribution in [3.63, 3.8) is 0 Å². The molecule has 5 nitrogen and oxygen atoms in total. The lowest BCUT2D eigenvalue weighted by molar-refractivity contribution is -0.137. The monoisotopic (exact) mass is 438 g/mol. The molecular weight excluding hydrogens is 417 g/mol. The smallest absolute Gasteiger partial charge is 0.347 e. The minimum absolute atomic E-state index is 0.106. The molecule has 1 saturated heterocycles. The Morgan fingerprint density at radius 2 is 1.88 bits per heavy atom. The average Bonchev–Trinajstić information content (AvgIpc) is 2.99. The molecule has 2 amide bonds. The second-order valence-corrected chi connectivity index (χ2v) is 7.92. The second kappa shape index (κ2) is 7.85.